The lowest BCUT2D eigenvalue weighted by molar-refractivity contribution is 0.670. The SMILES string of the molecule is Cc1ccc2c(c1)nc(-c1cccc(-n3c4ccccc4c4cc(-c5cccc6c5oc5ccccc56)ccc43)c1)n2-c1ccccc1. The Balaban J connectivity index is 1.17. The van der Waals surface area contributed by atoms with Crippen molar-refractivity contribution in [2.45, 2.75) is 6.92 Å². The molecule has 4 nitrogen and oxygen atoms in total. The molecule has 3 heterocycles. The molecule has 0 aliphatic carbocycles. The molecule has 0 N–H and O–H groups in total. The van der Waals surface area contributed by atoms with Crippen molar-refractivity contribution in [1.29, 1.82) is 0 Å². The van der Waals surface area contributed by atoms with Crippen molar-refractivity contribution in [3.63, 3.8) is 0 Å². The number of fused-ring (bicyclic) bond motifs is 7. The van der Waals surface area contributed by atoms with Crippen LogP contribution in [0.1, 0.15) is 5.56 Å². The average molecular weight is 616 g/mol. The van der Waals surface area contributed by atoms with Gasteiger partial charge in [-0.3, -0.25) is 4.57 Å². The number of imidazole rings is 1. The first-order valence-corrected chi connectivity index (χ1v) is 16.3. The van der Waals surface area contributed by atoms with Gasteiger partial charge >= 0.3 is 0 Å². The van der Waals surface area contributed by atoms with Crippen LogP contribution in [0.5, 0.6) is 0 Å². The largest absolute Gasteiger partial charge is 0.455 e. The zero-order valence-electron chi connectivity index (χ0n) is 26.3. The maximum atomic E-state index is 6.42. The summed E-state index contributed by atoms with van der Waals surface area (Å²) in [6, 6.07) is 55.9. The Hall–Kier alpha value is -6.39. The van der Waals surface area contributed by atoms with Crippen LogP contribution >= 0.6 is 0 Å². The van der Waals surface area contributed by atoms with Crippen molar-refractivity contribution < 1.29 is 4.42 Å². The van der Waals surface area contributed by atoms with Gasteiger partial charge in [0.05, 0.1) is 22.1 Å². The molecule has 3 aromatic heterocycles. The Bertz CT molecular complexity index is 2850. The summed E-state index contributed by atoms with van der Waals surface area (Å²) in [6.07, 6.45) is 0. The normalized spacial score (nSPS) is 11.9. The summed E-state index contributed by atoms with van der Waals surface area (Å²) in [4.78, 5) is 5.20. The maximum Gasteiger partial charge on any atom is 0.145 e. The molecule has 0 spiro atoms. The minimum atomic E-state index is 0.911. The van der Waals surface area contributed by atoms with Crippen molar-refractivity contribution in [3.05, 3.63) is 163 Å². The van der Waals surface area contributed by atoms with Gasteiger partial charge in [-0.2, -0.15) is 0 Å². The highest BCUT2D eigenvalue weighted by atomic mass is 16.3. The van der Waals surface area contributed by atoms with Crippen molar-refractivity contribution in [2.24, 2.45) is 0 Å². The van der Waals surface area contributed by atoms with Crippen LogP contribution in [0.3, 0.4) is 0 Å². The van der Waals surface area contributed by atoms with E-state index in [1.54, 1.807) is 0 Å². The number of nitrogens with zero attached hydrogens (tertiary/aromatic N) is 3. The Morgan fingerprint density at radius 1 is 0.479 bits per heavy atom. The van der Waals surface area contributed by atoms with Crippen LogP contribution in [0.15, 0.2) is 162 Å². The van der Waals surface area contributed by atoms with Crippen LogP contribution < -0.4 is 0 Å². The van der Waals surface area contributed by atoms with Gasteiger partial charge in [0.2, 0.25) is 0 Å². The second kappa shape index (κ2) is 10.3. The number of para-hydroxylation sites is 4. The lowest BCUT2D eigenvalue weighted by Gasteiger charge is -2.12. The van der Waals surface area contributed by atoms with E-state index in [0.717, 1.165) is 77.9 Å². The summed E-state index contributed by atoms with van der Waals surface area (Å²) in [5.74, 6) is 0.922. The first-order valence-electron chi connectivity index (χ1n) is 16.3. The van der Waals surface area contributed by atoms with Gasteiger partial charge in [-0.05, 0) is 78.7 Å². The van der Waals surface area contributed by atoms with Crippen LogP contribution in [0.25, 0.3) is 88.7 Å². The lowest BCUT2D eigenvalue weighted by Crippen LogP contribution is -1.99. The Morgan fingerprint density at radius 3 is 2.12 bits per heavy atom. The molecule has 0 atom stereocenters. The van der Waals surface area contributed by atoms with Crippen LogP contribution in [-0.2, 0) is 0 Å². The number of hydrogen-bond donors (Lipinski definition) is 0. The first kappa shape index (κ1) is 26.8. The Morgan fingerprint density at radius 2 is 1.21 bits per heavy atom. The summed E-state index contributed by atoms with van der Waals surface area (Å²) >= 11 is 0. The third-order valence-electron chi connectivity index (χ3n) is 9.57. The van der Waals surface area contributed by atoms with E-state index >= 15 is 0 Å². The smallest absolute Gasteiger partial charge is 0.145 e. The van der Waals surface area contributed by atoms with E-state index < -0.39 is 0 Å². The van der Waals surface area contributed by atoms with E-state index in [1.807, 2.05) is 12.1 Å². The van der Waals surface area contributed by atoms with E-state index in [0.29, 0.717) is 0 Å². The summed E-state index contributed by atoms with van der Waals surface area (Å²) in [6.45, 7) is 2.12. The number of aryl methyl sites for hydroxylation is 1. The van der Waals surface area contributed by atoms with Gasteiger partial charge in [-0.15, -0.1) is 0 Å². The third-order valence-corrected chi connectivity index (χ3v) is 9.57. The molecule has 10 rings (SSSR count). The topological polar surface area (TPSA) is 35.9 Å². The van der Waals surface area contributed by atoms with Gasteiger partial charge in [-0.1, -0.05) is 97.1 Å². The molecule has 0 bridgehead atoms. The van der Waals surface area contributed by atoms with Gasteiger partial charge in [0.1, 0.15) is 17.0 Å². The van der Waals surface area contributed by atoms with Crippen molar-refractivity contribution in [3.8, 4) is 33.9 Å². The molecule has 0 unspecified atom stereocenters. The predicted octanol–water partition coefficient (Wildman–Crippen LogP) is 11.7. The lowest BCUT2D eigenvalue weighted by atomic mass is 10.0. The number of hydrogen-bond acceptors (Lipinski definition) is 2. The molecule has 0 amide bonds. The fraction of sp³-hybridized carbons (Fsp3) is 0.0227. The quantitative estimate of drug-likeness (QED) is 0.197. The highest BCUT2D eigenvalue weighted by Gasteiger charge is 2.19. The Labute approximate surface area is 276 Å². The molecule has 0 fully saturated rings. The van der Waals surface area contributed by atoms with Crippen molar-refractivity contribution in [2.75, 3.05) is 0 Å². The number of benzene rings is 7. The molecule has 4 heteroatoms. The van der Waals surface area contributed by atoms with Crippen LogP contribution in [-0.4, -0.2) is 14.1 Å². The Kier molecular flexibility index (Phi) is 5.75. The summed E-state index contributed by atoms with van der Waals surface area (Å²) in [5.41, 5.74) is 12.9. The minimum absolute atomic E-state index is 0.911. The van der Waals surface area contributed by atoms with E-state index in [1.165, 1.54) is 16.3 Å². The van der Waals surface area contributed by atoms with E-state index in [4.69, 9.17) is 9.40 Å². The van der Waals surface area contributed by atoms with Gasteiger partial charge in [-0.25, -0.2) is 4.98 Å². The van der Waals surface area contributed by atoms with E-state index in [-0.39, 0.29) is 0 Å². The zero-order chi connectivity index (χ0) is 31.8. The highest BCUT2D eigenvalue weighted by molar-refractivity contribution is 6.13. The van der Waals surface area contributed by atoms with Crippen LogP contribution in [0, 0.1) is 6.92 Å². The molecule has 0 aliphatic rings. The summed E-state index contributed by atoms with van der Waals surface area (Å²) < 4.78 is 11.1. The summed E-state index contributed by atoms with van der Waals surface area (Å²) in [5, 5.41) is 4.69. The molecule has 0 aliphatic heterocycles. The third kappa shape index (κ3) is 3.99. The molecule has 0 saturated carbocycles. The monoisotopic (exact) mass is 615 g/mol. The van der Waals surface area contributed by atoms with Gasteiger partial charge in [0.15, 0.2) is 0 Å². The molecule has 7 aromatic carbocycles. The maximum absolute atomic E-state index is 6.42. The highest BCUT2D eigenvalue weighted by Crippen LogP contribution is 2.40. The standard InChI is InChI=1S/C44H29N3O/c1-28-21-23-41-38(25-28)45-44(47(41)31-12-3-2-4-13-31)30-11-9-14-32(26-30)46-39-19-7-5-15-34(39)37-27-29(22-24-40(37)46)33-17-10-18-36-35-16-6-8-20-42(35)48-43(33)36/h2-27H,1H3. The van der Waals surface area contributed by atoms with Gasteiger partial charge < -0.3 is 8.98 Å². The average Bonchev–Trinajstić information content (AvgIpc) is 3.81. The fourth-order valence-corrected chi connectivity index (χ4v) is 7.40. The summed E-state index contributed by atoms with van der Waals surface area (Å²) in [7, 11) is 0. The molecular weight excluding hydrogens is 587 g/mol. The van der Waals surface area contributed by atoms with Crippen LogP contribution in [0.2, 0.25) is 0 Å². The van der Waals surface area contributed by atoms with Gasteiger partial charge in [0, 0.05) is 44.0 Å². The zero-order valence-corrected chi connectivity index (χ0v) is 26.3. The van der Waals surface area contributed by atoms with E-state index in [9.17, 15) is 0 Å². The second-order valence-electron chi connectivity index (χ2n) is 12.5. The molecule has 0 radical (unpaired) electrons. The first-order chi connectivity index (χ1) is 23.7. The van der Waals surface area contributed by atoms with Gasteiger partial charge in [0.25, 0.3) is 0 Å². The minimum Gasteiger partial charge on any atom is -0.455 e. The second-order valence-corrected chi connectivity index (χ2v) is 12.5. The fourth-order valence-electron chi connectivity index (χ4n) is 7.40. The van der Waals surface area contributed by atoms with Crippen molar-refractivity contribution >= 4 is 54.8 Å². The molecule has 0 saturated heterocycles. The molecule has 48 heavy (non-hydrogen) atoms. The van der Waals surface area contributed by atoms with Crippen molar-refractivity contribution in [1.82, 2.24) is 14.1 Å². The number of aromatic nitrogens is 3. The predicted molar refractivity (Wildman–Crippen MR) is 198 cm³/mol. The molecular formula is C44H29N3O. The number of furan rings is 1. The molecule has 226 valence electrons. The van der Waals surface area contributed by atoms with Crippen LogP contribution in [0.4, 0.5) is 0 Å². The van der Waals surface area contributed by atoms with E-state index in [2.05, 4.69) is 162 Å². The molecule has 10 aromatic rings. The number of rotatable bonds is 4.